The lowest BCUT2D eigenvalue weighted by Crippen LogP contribution is -2.38. The van der Waals surface area contributed by atoms with E-state index in [2.05, 4.69) is 4.90 Å². The Hall–Kier alpha value is -1.75. The molecule has 0 saturated carbocycles. The number of nitrogens with two attached hydrogens (primary N) is 2. The first-order valence-electron chi connectivity index (χ1n) is 6.70. The number of amides is 1. The van der Waals surface area contributed by atoms with Crippen LogP contribution in [-0.4, -0.2) is 30.2 Å². The average Bonchev–Trinajstić information content (AvgIpc) is 2.63. The summed E-state index contributed by atoms with van der Waals surface area (Å²) in [5.74, 6) is -0.462. The van der Waals surface area contributed by atoms with E-state index in [0.717, 1.165) is 37.9 Å². The minimum absolute atomic E-state index is 0.0300. The van der Waals surface area contributed by atoms with Crippen LogP contribution < -0.4 is 16.4 Å². The van der Waals surface area contributed by atoms with Crippen molar-refractivity contribution in [2.24, 2.45) is 5.73 Å². The van der Waals surface area contributed by atoms with Crippen LogP contribution in [0.4, 0.5) is 11.4 Å². The molecule has 0 aliphatic carbocycles. The van der Waals surface area contributed by atoms with Gasteiger partial charge in [0, 0.05) is 12.2 Å². The SMILES string of the molecule is NC(=O)c1ccc(N)cc1N1CCCCCC1CO. The molecule has 5 nitrogen and oxygen atoms in total. The van der Waals surface area contributed by atoms with E-state index >= 15 is 0 Å². The third-order valence-electron chi connectivity index (χ3n) is 3.68. The van der Waals surface area contributed by atoms with E-state index in [-0.39, 0.29) is 12.6 Å². The van der Waals surface area contributed by atoms with Gasteiger partial charge in [-0.05, 0) is 31.0 Å². The van der Waals surface area contributed by atoms with Crippen molar-refractivity contribution in [2.75, 3.05) is 23.8 Å². The normalized spacial score (nSPS) is 20.1. The van der Waals surface area contributed by atoms with Crippen molar-refractivity contribution in [2.45, 2.75) is 31.7 Å². The van der Waals surface area contributed by atoms with Gasteiger partial charge < -0.3 is 21.5 Å². The summed E-state index contributed by atoms with van der Waals surface area (Å²) < 4.78 is 0. The Bertz CT molecular complexity index is 462. The summed E-state index contributed by atoms with van der Waals surface area (Å²) in [6.45, 7) is 0.891. The molecule has 1 aromatic rings. The highest BCUT2D eigenvalue weighted by Gasteiger charge is 2.24. The Morgan fingerprint density at radius 1 is 1.37 bits per heavy atom. The number of aliphatic hydroxyl groups excluding tert-OH is 1. The van der Waals surface area contributed by atoms with Crippen LogP contribution in [-0.2, 0) is 0 Å². The van der Waals surface area contributed by atoms with Crippen molar-refractivity contribution < 1.29 is 9.90 Å². The van der Waals surface area contributed by atoms with E-state index in [9.17, 15) is 9.90 Å². The van der Waals surface area contributed by atoms with Gasteiger partial charge in [0.15, 0.2) is 0 Å². The first-order chi connectivity index (χ1) is 9.13. The van der Waals surface area contributed by atoms with Gasteiger partial charge in [-0.2, -0.15) is 0 Å². The molecule has 1 aliphatic rings. The highest BCUT2D eigenvalue weighted by Crippen LogP contribution is 2.29. The fourth-order valence-corrected chi connectivity index (χ4v) is 2.68. The lowest BCUT2D eigenvalue weighted by atomic mass is 10.1. The number of hydrogen-bond donors (Lipinski definition) is 3. The third-order valence-corrected chi connectivity index (χ3v) is 3.68. The Morgan fingerprint density at radius 3 is 2.84 bits per heavy atom. The number of anilines is 2. The minimum atomic E-state index is -0.462. The molecule has 1 atom stereocenters. The highest BCUT2D eigenvalue weighted by atomic mass is 16.3. The van der Waals surface area contributed by atoms with Gasteiger partial charge in [0.1, 0.15) is 0 Å². The van der Waals surface area contributed by atoms with Crippen LogP contribution in [0.2, 0.25) is 0 Å². The summed E-state index contributed by atoms with van der Waals surface area (Å²) in [6.07, 6.45) is 4.20. The van der Waals surface area contributed by atoms with Gasteiger partial charge in [-0.25, -0.2) is 0 Å². The molecule has 5 N–H and O–H groups in total. The maximum Gasteiger partial charge on any atom is 0.250 e. The van der Waals surface area contributed by atoms with Crippen LogP contribution in [0.15, 0.2) is 18.2 Å². The molecule has 1 heterocycles. The van der Waals surface area contributed by atoms with E-state index in [4.69, 9.17) is 11.5 Å². The molecule has 1 saturated heterocycles. The lowest BCUT2D eigenvalue weighted by molar-refractivity contribution is 0.100. The number of rotatable bonds is 3. The first-order valence-corrected chi connectivity index (χ1v) is 6.70. The molecule has 1 aromatic carbocycles. The van der Waals surface area contributed by atoms with Gasteiger partial charge in [-0.1, -0.05) is 12.8 Å². The van der Waals surface area contributed by atoms with Crippen LogP contribution in [0, 0.1) is 0 Å². The second-order valence-corrected chi connectivity index (χ2v) is 5.02. The summed E-state index contributed by atoms with van der Waals surface area (Å²) in [5.41, 5.74) is 13.1. The smallest absolute Gasteiger partial charge is 0.250 e. The number of carbonyl (C=O) groups excluding carboxylic acids is 1. The maximum atomic E-state index is 11.5. The first kappa shape index (κ1) is 13.7. The maximum absolute atomic E-state index is 11.5. The summed E-state index contributed by atoms with van der Waals surface area (Å²) in [5, 5.41) is 9.56. The molecule has 2 rings (SSSR count). The highest BCUT2D eigenvalue weighted by molar-refractivity contribution is 5.99. The molecular weight excluding hydrogens is 242 g/mol. The molecule has 1 aliphatic heterocycles. The lowest BCUT2D eigenvalue weighted by Gasteiger charge is -2.32. The number of aliphatic hydroxyl groups is 1. The quantitative estimate of drug-likeness (QED) is 0.712. The molecule has 1 amide bonds. The fourth-order valence-electron chi connectivity index (χ4n) is 2.68. The summed E-state index contributed by atoms with van der Waals surface area (Å²) in [4.78, 5) is 13.6. The van der Waals surface area contributed by atoms with Gasteiger partial charge in [0.2, 0.25) is 0 Å². The predicted octanol–water partition coefficient (Wildman–Crippen LogP) is 1.11. The van der Waals surface area contributed by atoms with Crippen LogP contribution in [0.25, 0.3) is 0 Å². The van der Waals surface area contributed by atoms with Crippen LogP contribution in [0.3, 0.4) is 0 Å². The topological polar surface area (TPSA) is 92.6 Å². The van der Waals surface area contributed by atoms with Crippen LogP contribution in [0.5, 0.6) is 0 Å². The molecule has 19 heavy (non-hydrogen) atoms. The second kappa shape index (κ2) is 5.93. The van der Waals surface area contributed by atoms with Gasteiger partial charge in [-0.3, -0.25) is 4.79 Å². The van der Waals surface area contributed by atoms with Gasteiger partial charge in [0.05, 0.1) is 23.9 Å². The van der Waals surface area contributed by atoms with Gasteiger partial charge in [-0.15, -0.1) is 0 Å². The predicted molar refractivity (Wildman–Crippen MR) is 76.1 cm³/mol. The monoisotopic (exact) mass is 263 g/mol. The van der Waals surface area contributed by atoms with Gasteiger partial charge in [0.25, 0.3) is 5.91 Å². The number of hydrogen-bond acceptors (Lipinski definition) is 4. The molecule has 0 radical (unpaired) electrons. The van der Waals surface area contributed by atoms with Crippen LogP contribution in [0.1, 0.15) is 36.0 Å². The zero-order chi connectivity index (χ0) is 13.8. The van der Waals surface area contributed by atoms with E-state index in [0.29, 0.717) is 11.3 Å². The van der Waals surface area contributed by atoms with E-state index in [1.807, 2.05) is 0 Å². The molecular formula is C14H21N3O2. The zero-order valence-electron chi connectivity index (χ0n) is 11.0. The third kappa shape index (κ3) is 2.98. The van der Waals surface area contributed by atoms with Crippen molar-refractivity contribution in [1.82, 2.24) is 0 Å². The molecule has 0 aromatic heterocycles. The van der Waals surface area contributed by atoms with E-state index < -0.39 is 5.91 Å². The Balaban J connectivity index is 2.42. The number of benzene rings is 1. The number of nitrogen functional groups attached to an aromatic ring is 1. The van der Waals surface area contributed by atoms with Gasteiger partial charge >= 0.3 is 0 Å². The molecule has 5 heteroatoms. The Morgan fingerprint density at radius 2 is 2.16 bits per heavy atom. The summed E-state index contributed by atoms with van der Waals surface area (Å²) >= 11 is 0. The molecule has 1 unspecified atom stereocenters. The van der Waals surface area contributed by atoms with Crippen molar-refractivity contribution in [3.05, 3.63) is 23.8 Å². The fraction of sp³-hybridized carbons (Fsp3) is 0.500. The Labute approximate surface area is 113 Å². The number of nitrogens with zero attached hydrogens (tertiary/aromatic N) is 1. The zero-order valence-corrected chi connectivity index (χ0v) is 11.0. The van der Waals surface area contributed by atoms with Crippen molar-refractivity contribution in [1.29, 1.82) is 0 Å². The summed E-state index contributed by atoms with van der Waals surface area (Å²) in [7, 11) is 0. The number of primary amides is 1. The molecule has 0 bridgehead atoms. The summed E-state index contributed by atoms with van der Waals surface area (Å²) in [6, 6.07) is 5.14. The largest absolute Gasteiger partial charge is 0.399 e. The van der Waals surface area contributed by atoms with Crippen LogP contribution >= 0.6 is 0 Å². The molecule has 1 fully saturated rings. The van der Waals surface area contributed by atoms with E-state index in [1.54, 1.807) is 18.2 Å². The van der Waals surface area contributed by atoms with Crippen molar-refractivity contribution in [3.8, 4) is 0 Å². The van der Waals surface area contributed by atoms with Crippen molar-refractivity contribution in [3.63, 3.8) is 0 Å². The Kier molecular flexibility index (Phi) is 4.27. The standard InChI is InChI=1S/C14H21N3O2/c15-10-5-6-12(14(16)19)13(8-10)17-7-3-1-2-4-11(17)9-18/h5-6,8,11,18H,1-4,7,9,15H2,(H2,16,19). The molecule has 0 spiro atoms. The minimum Gasteiger partial charge on any atom is -0.399 e. The second-order valence-electron chi connectivity index (χ2n) is 5.02. The molecule has 104 valence electrons. The average molecular weight is 263 g/mol. The number of carbonyl (C=O) groups is 1. The van der Waals surface area contributed by atoms with E-state index in [1.165, 1.54) is 0 Å². The van der Waals surface area contributed by atoms with Crippen molar-refractivity contribution >= 4 is 17.3 Å².